The van der Waals surface area contributed by atoms with E-state index in [0.717, 1.165) is 18.5 Å². The van der Waals surface area contributed by atoms with Gasteiger partial charge in [0.1, 0.15) is 0 Å². The summed E-state index contributed by atoms with van der Waals surface area (Å²) in [6.07, 6.45) is 4.48. The van der Waals surface area contributed by atoms with Gasteiger partial charge in [0.25, 0.3) is 0 Å². The molecule has 0 amide bonds. The maximum atomic E-state index is 11.8. The number of aromatic nitrogens is 1. The second-order valence-corrected chi connectivity index (χ2v) is 4.37. The molecule has 5 heteroatoms. The van der Waals surface area contributed by atoms with Gasteiger partial charge in [0.2, 0.25) is 0 Å². The maximum absolute atomic E-state index is 11.8. The summed E-state index contributed by atoms with van der Waals surface area (Å²) in [6.45, 7) is 7.14. The lowest BCUT2D eigenvalue weighted by Gasteiger charge is -2.07. The summed E-state index contributed by atoms with van der Waals surface area (Å²) in [6, 6.07) is 1.79. The number of hydrogen-bond acceptors (Lipinski definition) is 4. The Bertz CT molecular complexity index is 383. The highest BCUT2D eigenvalue weighted by Crippen LogP contribution is 2.02. The van der Waals surface area contributed by atoms with Crippen LogP contribution in [0.15, 0.2) is 23.6 Å². The molecule has 0 fully saturated rings. The zero-order valence-electron chi connectivity index (χ0n) is 11.2. The number of esters is 1. The van der Waals surface area contributed by atoms with Crippen LogP contribution in [0.2, 0.25) is 0 Å². The largest absolute Gasteiger partial charge is 0.461 e. The van der Waals surface area contributed by atoms with E-state index in [1.54, 1.807) is 25.4 Å². The van der Waals surface area contributed by atoms with Crippen LogP contribution in [0, 0.1) is 5.92 Å². The molecule has 1 aromatic rings. The van der Waals surface area contributed by atoms with E-state index < -0.39 is 5.97 Å². The standard InChI is InChI=1S/C13H21N3O2/c1-4-18-13(17)12(11-6-7-14-9-11)16-15-8-5-10(2)3/h6-7,9-10,14-15H,4-5,8H2,1-3H3/b16-12-. The number of carbonyl (C=O) groups excluding carboxylic acids is 1. The van der Waals surface area contributed by atoms with Crippen LogP contribution in [0.5, 0.6) is 0 Å². The summed E-state index contributed by atoms with van der Waals surface area (Å²) in [5.74, 6) is 0.195. The van der Waals surface area contributed by atoms with Gasteiger partial charge in [0, 0.05) is 24.5 Å². The molecular formula is C13H21N3O2. The highest BCUT2D eigenvalue weighted by molar-refractivity contribution is 6.43. The molecule has 0 unspecified atom stereocenters. The number of nitrogens with one attached hydrogen (secondary N) is 2. The van der Waals surface area contributed by atoms with E-state index >= 15 is 0 Å². The molecular weight excluding hydrogens is 230 g/mol. The summed E-state index contributed by atoms with van der Waals surface area (Å²) in [5.41, 5.74) is 3.95. The van der Waals surface area contributed by atoms with Gasteiger partial charge in [-0.1, -0.05) is 13.8 Å². The van der Waals surface area contributed by atoms with Crippen molar-refractivity contribution < 1.29 is 9.53 Å². The van der Waals surface area contributed by atoms with Crippen LogP contribution in [0.3, 0.4) is 0 Å². The number of carbonyl (C=O) groups is 1. The highest BCUT2D eigenvalue weighted by Gasteiger charge is 2.15. The van der Waals surface area contributed by atoms with E-state index in [-0.39, 0.29) is 0 Å². The van der Waals surface area contributed by atoms with Crippen molar-refractivity contribution in [2.75, 3.05) is 13.2 Å². The van der Waals surface area contributed by atoms with Gasteiger partial charge in [0.05, 0.1) is 6.61 Å². The number of hydrogen-bond donors (Lipinski definition) is 2. The summed E-state index contributed by atoms with van der Waals surface area (Å²) in [4.78, 5) is 14.7. The second kappa shape index (κ2) is 7.53. The third-order valence-electron chi connectivity index (χ3n) is 2.36. The van der Waals surface area contributed by atoms with Crippen molar-refractivity contribution in [1.29, 1.82) is 0 Å². The molecule has 1 heterocycles. The zero-order valence-corrected chi connectivity index (χ0v) is 11.2. The lowest BCUT2D eigenvalue weighted by Crippen LogP contribution is -2.22. The predicted molar refractivity (Wildman–Crippen MR) is 71.4 cm³/mol. The molecule has 0 atom stereocenters. The first kappa shape index (κ1) is 14.3. The monoisotopic (exact) mass is 251 g/mol. The third kappa shape index (κ3) is 4.61. The minimum Gasteiger partial charge on any atom is -0.461 e. The van der Waals surface area contributed by atoms with Crippen molar-refractivity contribution in [3.63, 3.8) is 0 Å². The SMILES string of the molecule is CCOC(=O)/C(=N\NCCC(C)C)c1cc[nH]c1. The molecule has 1 rings (SSSR count). The van der Waals surface area contributed by atoms with Gasteiger partial charge < -0.3 is 15.1 Å². The van der Waals surface area contributed by atoms with Gasteiger partial charge in [0.15, 0.2) is 5.71 Å². The van der Waals surface area contributed by atoms with E-state index in [9.17, 15) is 4.79 Å². The smallest absolute Gasteiger partial charge is 0.359 e. The fourth-order valence-electron chi connectivity index (χ4n) is 1.39. The van der Waals surface area contributed by atoms with Crippen molar-refractivity contribution in [1.82, 2.24) is 10.4 Å². The van der Waals surface area contributed by atoms with Gasteiger partial charge in [-0.2, -0.15) is 5.10 Å². The topological polar surface area (TPSA) is 66.5 Å². The van der Waals surface area contributed by atoms with Crippen molar-refractivity contribution in [3.05, 3.63) is 24.0 Å². The van der Waals surface area contributed by atoms with Gasteiger partial charge in [-0.3, -0.25) is 0 Å². The summed E-state index contributed by atoms with van der Waals surface area (Å²) in [5, 5.41) is 4.13. The Hall–Kier alpha value is -1.78. The molecule has 0 bridgehead atoms. The van der Waals surface area contributed by atoms with E-state index in [1.165, 1.54) is 0 Å². The van der Waals surface area contributed by atoms with Crippen LogP contribution >= 0.6 is 0 Å². The average molecular weight is 251 g/mol. The van der Waals surface area contributed by atoms with Crippen LogP contribution in [-0.4, -0.2) is 29.8 Å². The number of H-pyrrole nitrogens is 1. The Labute approximate surface area is 108 Å². The lowest BCUT2D eigenvalue weighted by molar-refractivity contribution is -0.134. The average Bonchev–Trinajstić information content (AvgIpc) is 2.82. The minimum absolute atomic E-state index is 0.307. The normalized spacial score (nSPS) is 11.7. The molecule has 0 radical (unpaired) electrons. The Morgan fingerprint density at radius 1 is 1.56 bits per heavy atom. The number of hydrazone groups is 1. The Morgan fingerprint density at radius 3 is 2.89 bits per heavy atom. The molecule has 0 aromatic carbocycles. The summed E-state index contributed by atoms with van der Waals surface area (Å²) >= 11 is 0. The Morgan fingerprint density at radius 2 is 2.33 bits per heavy atom. The summed E-state index contributed by atoms with van der Waals surface area (Å²) < 4.78 is 4.98. The van der Waals surface area contributed by atoms with E-state index in [1.807, 2.05) is 0 Å². The van der Waals surface area contributed by atoms with Crippen LogP contribution < -0.4 is 5.43 Å². The first-order valence-corrected chi connectivity index (χ1v) is 6.26. The number of nitrogens with zero attached hydrogens (tertiary/aromatic N) is 1. The molecule has 18 heavy (non-hydrogen) atoms. The molecule has 1 aromatic heterocycles. The Kier molecular flexibility index (Phi) is 5.97. The summed E-state index contributed by atoms with van der Waals surface area (Å²) in [7, 11) is 0. The molecule has 0 aliphatic rings. The Balaban J connectivity index is 2.66. The predicted octanol–water partition coefficient (Wildman–Crippen LogP) is 1.92. The third-order valence-corrected chi connectivity index (χ3v) is 2.36. The van der Waals surface area contributed by atoms with E-state index in [2.05, 4.69) is 29.4 Å². The first-order valence-electron chi connectivity index (χ1n) is 6.26. The zero-order chi connectivity index (χ0) is 13.4. The van der Waals surface area contributed by atoms with Crippen LogP contribution in [0.1, 0.15) is 32.8 Å². The van der Waals surface area contributed by atoms with Crippen LogP contribution in [0.25, 0.3) is 0 Å². The fraction of sp³-hybridized carbons (Fsp3) is 0.538. The van der Waals surface area contributed by atoms with Crippen molar-refractivity contribution in [2.24, 2.45) is 11.0 Å². The number of rotatable bonds is 7. The van der Waals surface area contributed by atoms with E-state index in [0.29, 0.717) is 18.2 Å². The van der Waals surface area contributed by atoms with Crippen molar-refractivity contribution in [2.45, 2.75) is 27.2 Å². The maximum Gasteiger partial charge on any atom is 0.359 e. The molecule has 5 nitrogen and oxygen atoms in total. The minimum atomic E-state index is -0.408. The molecule has 0 spiro atoms. The quantitative estimate of drug-likeness (QED) is 0.337. The second-order valence-electron chi connectivity index (χ2n) is 4.37. The molecule has 2 N–H and O–H groups in total. The first-order chi connectivity index (χ1) is 8.65. The van der Waals surface area contributed by atoms with Crippen LogP contribution in [-0.2, 0) is 9.53 Å². The van der Waals surface area contributed by atoms with Crippen molar-refractivity contribution >= 4 is 11.7 Å². The molecule has 0 aliphatic carbocycles. The number of aromatic amines is 1. The molecule has 0 aliphatic heterocycles. The van der Waals surface area contributed by atoms with Gasteiger partial charge >= 0.3 is 5.97 Å². The van der Waals surface area contributed by atoms with Crippen molar-refractivity contribution in [3.8, 4) is 0 Å². The van der Waals surface area contributed by atoms with Gasteiger partial charge in [-0.15, -0.1) is 0 Å². The highest BCUT2D eigenvalue weighted by atomic mass is 16.5. The van der Waals surface area contributed by atoms with E-state index in [4.69, 9.17) is 4.74 Å². The number of ether oxygens (including phenoxy) is 1. The molecule has 100 valence electrons. The van der Waals surface area contributed by atoms with Gasteiger partial charge in [-0.25, -0.2) is 4.79 Å². The molecule has 0 saturated heterocycles. The molecule has 0 saturated carbocycles. The van der Waals surface area contributed by atoms with Crippen LogP contribution in [0.4, 0.5) is 0 Å². The fourth-order valence-corrected chi connectivity index (χ4v) is 1.39. The lowest BCUT2D eigenvalue weighted by atomic mass is 10.1. The van der Waals surface area contributed by atoms with Gasteiger partial charge in [-0.05, 0) is 25.3 Å².